The highest BCUT2D eigenvalue weighted by Gasteiger charge is 2.19. The Kier molecular flexibility index (Phi) is 4.89. The molecule has 0 aliphatic heterocycles. The lowest BCUT2D eigenvalue weighted by molar-refractivity contribution is 0.199. The lowest BCUT2D eigenvalue weighted by atomic mass is 10.0. The Balaban J connectivity index is 1.64. The van der Waals surface area contributed by atoms with Gasteiger partial charge in [-0.3, -0.25) is 4.98 Å². The number of aryl methyl sites for hydroxylation is 3. The molecule has 5 rings (SSSR count). The predicted octanol–water partition coefficient (Wildman–Crippen LogP) is 4.13. The molecule has 0 radical (unpaired) electrons. The molecule has 6 heteroatoms. The van der Waals surface area contributed by atoms with Gasteiger partial charge in [0.25, 0.3) is 0 Å². The zero-order valence-corrected chi connectivity index (χ0v) is 17.2. The Hall–Kier alpha value is -2.96. The van der Waals surface area contributed by atoms with Gasteiger partial charge in [0, 0.05) is 48.8 Å². The summed E-state index contributed by atoms with van der Waals surface area (Å²) in [6, 6.07) is 7.71. The normalized spacial score (nSPS) is 13.4. The molecule has 154 valence electrons. The van der Waals surface area contributed by atoms with E-state index in [2.05, 4.69) is 16.4 Å². The smallest absolute Gasteiger partial charge is 0.336 e. The van der Waals surface area contributed by atoms with Crippen LogP contribution in [0.3, 0.4) is 0 Å². The molecule has 0 saturated carbocycles. The Bertz CT molecular complexity index is 1300. The minimum absolute atomic E-state index is 0.368. The standard InChI is InChI=1S/C24H24N2O4/c1-14-24-18(17(13-26-14)12-25-6-7-28-2)10-22(30-24)20-11-23(27)29-21-9-16-5-3-4-15(16)8-19(20)21/h8-11,13,25H,3-7,12H2,1-2H3. The zero-order valence-electron chi connectivity index (χ0n) is 17.2. The first-order chi connectivity index (χ1) is 14.6. The molecule has 0 atom stereocenters. The van der Waals surface area contributed by atoms with Gasteiger partial charge in [0.1, 0.15) is 11.3 Å². The van der Waals surface area contributed by atoms with E-state index >= 15 is 0 Å². The first-order valence-electron chi connectivity index (χ1n) is 10.3. The number of nitrogens with one attached hydrogen (secondary N) is 1. The minimum atomic E-state index is -0.368. The minimum Gasteiger partial charge on any atom is -0.454 e. The van der Waals surface area contributed by atoms with Gasteiger partial charge in [0.2, 0.25) is 0 Å². The number of hydrogen-bond donors (Lipinski definition) is 1. The van der Waals surface area contributed by atoms with Crippen LogP contribution in [0.5, 0.6) is 0 Å². The molecule has 1 aliphatic carbocycles. The summed E-state index contributed by atoms with van der Waals surface area (Å²) >= 11 is 0. The van der Waals surface area contributed by atoms with E-state index in [1.165, 1.54) is 17.2 Å². The Labute approximate surface area is 173 Å². The van der Waals surface area contributed by atoms with Crippen LogP contribution in [0.4, 0.5) is 0 Å². The molecular formula is C24H24N2O4. The maximum atomic E-state index is 12.3. The van der Waals surface area contributed by atoms with E-state index < -0.39 is 0 Å². The molecule has 4 aromatic rings. The van der Waals surface area contributed by atoms with Crippen LogP contribution in [0.25, 0.3) is 33.3 Å². The first kappa shape index (κ1) is 19.0. The van der Waals surface area contributed by atoms with Crippen LogP contribution in [0.1, 0.15) is 28.8 Å². The molecule has 0 fully saturated rings. The third-order valence-corrected chi connectivity index (χ3v) is 5.84. The zero-order chi connectivity index (χ0) is 20.7. The summed E-state index contributed by atoms with van der Waals surface area (Å²) in [5.41, 5.74) is 6.25. The number of furan rings is 1. The van der Waals surface area contributed by atoms with E-state index in [-0.39, 0.29) is 5.63 Å². The summed E-state index contributed by atoms with van der Waals surface area (Å²) in [4.78, 5) is 16.8. The average molecular weight is 404 g/mol. The maximum Gasteiger partial charge on any atom is 0.336 e. The van der Waals surface area contributed by atoms with Gasteiger partial charge in [-0.25, -0.2) is 4.79 Å². The summed E-state index contributed by atoms with van der Waals surface area (Å²) in [5, 5.41) is 5.28. The van der Waals surface area contributed by atoms with Gasteiger partial charge >= 0.3 is 5.63 Å². The number of methoxy groups -OCH3 is 1. The van der Waals surface area contributed by atoms with Crippen molar-refractivity contribution in [3.8, 4) is 11.3 Å². The van der Waals surface area contributed by atoms with Crippen LogP contribution in [0.2, 0.25) is 0 Å². The lowest BCUT2D eigenvalue weighted by Crippen LogP contribution is -2.18. The summed E-state index contributed by atoms with van der Waals surface area (Å²) in [6.45, 7) is 4.00. The molecule has 1 aromatic carbocycles. The fourth-order valence-electron chi connectivity index (χ4n) is 4.31. The van der Waals surface area contributed by atoms with Crippen molar-refractivity contribution in [1.82, 2.24) is 10.3 Å². The second kappa shape index (κ2) is 7.70. The number of ether oxygens (including phenoxy) is 1. The van der Waals surface area contributed by atoms with E-state index in [0.29, 0.717) is 24.5 Å². The number of pyridine rings is 1. The Morgan fingerprint density at radius 1 is 1.10 bits per heavy atom. The van der Waals surface area contributed by atoms with Crippen molar-refractivity contribution in [1.29, 1.82) is 0 Å². The van der Waals surface area contributed by atoms with E-state index in [1.54, 1.807) is 7.11 Å². The topological polar surface area (TPSA) is 77.5 Å². The van der Waals surface area contributed by atoms with Crippen molar-refractivity contribution in [2.75, 3.05) is 20.3 Å². The number of fused-ring (bicyclic) bond motifs is 3. The average Bonchev–Trinajstić information content (AvgIpc) is 3.38. The van der Waals surface area contributed by atoms with Gasteiger partial charge in [-0.1, -0.05) is 0 Å². The molecule has 0 unspecified atom stereocenters. The molecule has 6 nitrogen and oxygen atoms in total. The van der Waals surface area contributed by atoms with Crippen molar-refractivity contribution < 1.29 is 13.6 Å². The molecule has 0 spiro atoms. The summed E-state index contributed by atoms with van der Waals surface area (Å²) < 4.78 is 16.9. The van der Waals surface area contributed by atoms with E-state index in [0.717, 1.165) is 59.0 Å². The summed E-state index contributed by atoms with van der Waals surface area (Å²) in [5.74, 6) is 0.662. The number of benzene rings is 1. The number of rotatable bonds is 6. The lowest BCUT2D eigenvalue weighted by Gasteiger charge is -2.06. The van der Waals surface area contributed by atoms with Gasteiger partial charge in [-0.05, 0) is 61.1 Å². The van der Waals surface area contributed by atoms with Crippen LogP contribution in [0.15, 0.2) is 44.1 Å². The van der Waals surface area contributed by atoms with Gasteiger partial charge in [0.05, 0.1) is 12.3 Å². The Morgan fingerprint density at radius 3 is 2.77 bits per heavy atom. The predicted molar refractivity (Wildman–Crippen MR) is 116 cm³/mol. The molecular weight excluding hydrogens is 380 g/mol. The van der Waals surface area contributed by atoms with Crippen molar-refractivity contribution in [3.05, 3.63) is 63.3 Å². The van der Waals surface area contributed by atoms with Crippen LogP contribution >= 0.6 is 0 Å². The van der Waals surface area contributed by atoms with Crippen LogP contribution < -0.4 is 10.9 Å². The number of hydrogen-bond acceptors (Lipinski definition) is 6. The first-order valence-corrected chi connectivity index (χ1v) is 10.3. The molecule has 0 saturated heterocycles. The van der Waals surface area contributed by atoms with Crippen LogP contribution in [0, 0.1) is 6.92 Å². The van der Waals surface area contributed by atoms with Gasteiger partial charge in [0.15, 0.2) is 5.58 Å². The molecule has 1 aliphatic rings. The highest BCUT2D eigenvalue weighted by molar-refractivity contribution is 5.96. The van der Waals surface area contributed by atoms with Crippen molar-refractivity contribution in [2.24, 2.45) is 0 Å². The molecule has 1 N–H and O–H groups in total. The molecule has 3 aromatic heterocycles. The number of nitrogens with zero attached hydrogens (tertiary/aromatic N) is 1. The monoisotopic (exact) mass is 404 g/mol. The van der Waals surface area contributed by atoms with Crippen molar-refractivity contribution >= 4 is 21.9 Å². The fraction of sp³-hybridized carbons (Fsp3) is 0.333. The fourth-order valence-corrected chi connectivity index (χ4v) is 4.31. The molecule has 30 heavy (non-hydrogen) atoms. The maximum absolute atomic E-state index is 12.3. The summed E-state index contributed by atoms with van der Waals surface area (Å²) in [7, 11) is 1.69. The summed E-state index contributed by atoms with van der Waals surface area (Å²) in [6.07, 6.45) is 5.11. The highest BCUT2D eigenvalue weighted by atomic mass is 16.5. The quantitative estimate of drug-likeness (QED) is 0.385. The van der Waals surface area contributed by atoms with E-state index in [9.17, 15) is 4.79 Å². The highest BCUT2D eigenvalue weighted by Crippen LogP contribution is 2.36. The number of aromatic nitrogens is 1. The van der Waals surface area contributed by atoms with E-state index in [1.807, 2.05) is 25.3 Å². The second-order valence-electron chi connectivity index (χ2n) is 7.84. The van der Waals surface area contributed by atoms with Crippen LogP contribution in [-0.2, 0) is 24.1 Å². The molecule has 0 bridgehead atoms. The van der Waals surface area contributed by atoms with Gasteiger partial charge in [-0.15, -0.1) is 0 Å². The largest absolute Gasteiger partial charge is 0.454 e. The Morgan fingerprint density at radius 2 is 1.93 bits per heavy atom. The third kappa shape index (κ3) is 3.32. The van der Waals surface area contributed by atoms with Crippen molar-refractivity contribution in [3.63, 3.8) is 0 Å². The van der Waals surface area contributed by atoms with Gasteiger partial charge in [-0.2, -0.15) is 0 Å². The third-order valence-electron chi connectivity index (χ3n) is 5.84. The second-order valence-corrected chi connectivity index (χ2v) is 7.84. The molecule has 0 amide bonds. The molecule has 3 heterocycles. The van der Waals surface area contributed by atoms with Gasteiger partial charge < -0.3 is 18.9 Å². The SMILES string of the molecule is COCCNCc1cnc(C)c2oc(-c3cc(=O)oc4cc5c(cc34)CCC5)cc12. The van der Waals surface area contributed by atoms with Crippen molar-refractivity contribution in [2.45, 2.75) is 32.7 Å². The van der Waals surface area contributed by atoms with E-state index in [4.69, 9.17) is 13.6 Å². The van der Waals surface area contributed by atoms with Crippen LogP contribution in [-0.4, -0.2) is 25.2 Å².